The number of ether oxygens (including phenoxy) is 1. The SMILES string of the molecule is CO[C@H](C(=O)NN=Cc1cccc(C)c1)c1ccccc1. The van der Waals surface area contributed by atoms with Gasteiger partial charge in [0.05, 0.1) is 6.21 Å². The fourth-order valence-electron chi connectivity index (χ4n) is 2.00. The second-order valence-electron chi connectivity index (χ2n) is 4.67. The Morgan fingerprint density at radius 3 is 2.62 bits per heavy atom. The number of nitrogens with zero attached hydrogens (tertiary/aromatic N) is 1. The van der Waals surface area contributed by atoms with Crippen LogP contribution in [0.25, 0.3) is 0 Å². The zero-order valence-electron chi connectivity index (χ0n) is 12.1. The molecule has 1 N–H and O–H groups in total. The van der Waals surface area contributed by atoms with Crippen LogP contribution < -0.4 is 5.43 Å². The summed E-state index contributed by atoms with van der Waals surface area (Å²) in [5.41, 5.74) is 5.38. The Labute approximate surface area is 124 Å². The molecular formula is C17H18N2O2. The van der Waals surface area contributed by atoms with E-state index in [4.69, 9.17) is 4.74 Å². The second kappa shape index (κ2) is 7.36. The summed E-state index contributed by atoms with van der Waals surface area (Å²) in [6, 6.07) is 17.2. The zero-order chi connectivity index (χ0) is 15.1. The molecule has 0 aliphatic rings. The van der Waals surface area contributed by atoms with Gasteiger partial charge in [-0.05, 0) is 18.1 Å². The summed E-state index contributed by atoms with van der Waals surface area (Å²) in [4.78, 5) is 12.1. The second-order valence-corrected chi connectivity index (χ2v) is 4.67. The van der Waals surface area contributed by atoms with Gasteiger partial charge in [0.25, 0.3) is 5.91 Å². The summed E-state index contributed by atoms with van der Waals surface area (Å²) in [5, 5.41) is 3.97. The quantitative estimate of drug-likeness (QED) is 0.677. The zero-order valence-corrected chi connectivity index (χ0v) is 12.1. The molecule has 0 aliphatic heterocycles. The summed E-state index contributed by atoms with van der Waals surface area (Å²) in [7, 11) is 1.50. The van der Waals surface area contributed by atoms with Crippen LogP contribution in [0.4, 0.5) is 0 Å². The van der Waals surface area contributed by atoms with E-state index in [1.54, 1.807) is 6.21 Å². The molecule has 0 fully saturated rings. The molecule has 1 atom stereocenters. The summed E-state index contributed by atoms with van der Waals surface area (Å²) in [6.07, 6.45) is 0.948. The highest BCUT2D eigenvalue weighted by Gasteiger charge is 2.18. The van der Waals surface area contributed by atoms with E-state index in [2.05, 4.69) is 10.5 Å². The molecule has 108 valence electrons. The predicted octanol–water partition coefficient (Wildman–Crippen LogP) is 2.83. The first-order valence-electron chi connectivity index (χ1n) is 6.68. The maximum atomic E-state index is 12.1. The molecule has 0 aliphatic carbocycles. The molecule has 2 rings (SSSR count). The third-order valence-corrected chi connectivity index (χ3v) is 3.01. The molecule has 2 aromatic rings. The fourth-order valence-corrected chi connectivity index (χ4v) is 2.00. The van der Waals surface area contributed by atoms with E-state index in [0.29, 0.717) is 0 Å². The molecule has 21 heavy (non-hydrogen) atoms. The number of hydrogen-bond donors (Lipinski definition) is 1. The van der Waals surface area contributed by atoms with Crippen molar-refractivity contribution in [2.24, 2.45) is 5.10 Å². The van der Waals surface area contributed by atoms with E-state index >= 15 is 0 Å². The first kappa shape index (κ1) is 14.9. The lowest BCUT2D eigenvalue weighted by atomic mass is 10.1. The van der Waals surface area contributed by atoms with Crippen molar-refractivity contribution >= 4 is 12.1 Å². The van der Waals surface area contributed by atoms with E-state index in [-0.39, 0.29) is 5.91 Å². The van der Waals surface area contributed by atoms with Gasteiger partial charge in [-0.25, -0.2) is 5.43 Å². The van der Waals surface area contributed by atoms with E-state index in [9.17, 15) is 4.79 Å². The van der Waals surface area contributed by atoms with Crippen LogP contribution in [0.3, 0.4) is 0 Å². The molecule has 4 nitrogen and oxygen atoms in total. The smallest absolute Gasteiger partial charge is 0.273 e. The van der Waals surface area contributed by atoms with Crippen molar-refractivity contribution in [1.82, 2.24) is 5.43 Å². The predicted molar refractivity (Wildman–Crippen MR) is 83.1 cm³/mol. The van der Waals surface area contributed by atoms with Crippen LogP contribution in [0.15, 0.2) is 59.7 Å². The van der Waals surface area contributed by atoms with Crippen molar-refractivity contribution in [2.75, 3.05) is 7.11 Å². The molecule has 2 aromatic carbocycles. The number of benzene rings is 2. The van der Waals surface area contributed by atoms with Gasteiger partial charge in [-0.1, -0.05) is 60.2 Å². The van der Waals surface area contributed by atoms with Crippen molar-refractivity contribution < 1.29 is 9.53 Å². The Kier molecular flexibility index (Phi) is 5.23. The Bertz CT molecular complexity index is 624. The molecule has 0 spiro atoms. The summed E-state index contributed by atoms with van der Waals surface area (Å²) >= 11 is 0. The van der Waals surface area contributed by atoms with Gasteiger partial charge in [0, 0.05) is 7.11 Å². The van der Waals surface area contributed by atoms with Crippen molar-refractivity contribution in [3.8, 4) is 0 Å². The van der Waals surface area contributed by atoms with E-state index in [1.807, 2.05) is 61.5 Å². The van der Waals surface area contributed by atoms with Crippen LogP contribution in [-0.4, -0.2) is 19.2 Å². The van der Waals surface area contributed by atoms with Crippen molar-refractivity contribution in [1.29, 1.82) is 0 Å². The van der Waals surface area contributed by atoms with Gasteiger partial charge in [-0.15, -0.1) is 0 Å². The minimum absolute atomic E-state index is 0.299. The molecule has 0 saturated heterocycles. The van der Waals surface area contributed by atoms with E-state index in [1.165, 1.54) is 7.11 Å². The lowest BCUT2D eigenvalue weighted by Crippen LogP contribution is -2.26. The molecule has 0 saturated carbocycles. The normalized spacial score (nSPS) is 12.3. The molecule has 0 radical (unpaired) electrons. The number of hydrogen-bond acceptors (Lipinski definition) is 3. The molecule has 0 heterocycles. The molecular weight excluding hydrogens is 264 g/mol. The molecule has 0 aromatic heterocycles. The van der Waals surface area contributed by atoms with Crippen LogP contribution in [-0.2, 0) is 9.53 Å². The molecule has 0 unspecified atom stereocenters. The van der Waals surface area contributed by atoms with Gasteiger partial charge in [-0.3, -0.25) is 4.79 Å². The topological polar surface area (TPSA) is 50.7 Å². The van der Waals surface area contributed by atoms with Crippen LogP contribution in [0.2, 0.25) is 0 Å². The first-order chi connectivity index (χ1) is 10.2. The van der Waals surface area contributed by atoms with Crippen LogP contribution >= 0.6 is 0 Å². The highest BCUT2D eigenvalue weighted by Crippen LogP contribution is 2.15. The number of amides is 1. The van der Waals surface area contributed by atoms with Gasteiger partial charge < -0.3 is 4.74 Å². The lowest BCUT2D eigenvalue weighted by molar-refractivity contribution is -0.131. The molecule has 1 amide bonds. The average molecular weight is 282 g/mol. The number of nitrogens with one attached hydrogen (secondary N) is 1. The lowest BCUT2D eigenvalue weighted by Gasteiger charge is -2.13. The number of methoxy groups -OCH3 is 1. The number of hydrazone groups is 1. The van der Waals surface area contributed by atoms with Crippen molar-refractivity contribution in [3.05, 3.63) is 71.3 Å². The van der Waals surface area contributed by atoms with Crippen LogP contribution in [0.5, 0.6) is 0 Å². The Morgan fingerprint density at radius 1 is 1.19 bits per heavy atom. The number of rotatable bonds is 5. The van der Waals surface area contributed by atoms with Crippen molar-refractivity contribution in [3.63, 3.8) is 0 Å². The van der Waals surface area contributed by atoms with Gasteiger partial charge in [0.15, 0.2) is 6.10 Å². The summed E-state index contributed by atoms with van der Waals surface area (Å²) < 4.78 is 5.23. The van der Waals surface area contributed by atoms with Crippen LogP contribution in [0.1, 0.15) is 22.8 Å². The Balaban J connectivity index is 2.00. The van der Waals surface area contributed by atoms with Gasteiger partial charge >= 0.3 is 0 Å². The van der Waals surface area contributed by atoms with E-state index in [0.717, 1.165) is 16.7 Å². The third kappa shape index (κ3) is 4.26. The molecule has 0 bridgehead atoms. The highest BCUT2D eigenvalue weighted by atomic mass is 16.5. The summed E-state index contributed by atoms with van der Waals surface area (Å²) in [5.74, 6) is -0.299. The average Bonchev–Trinajstić information content (AvgIpc) is 2.49. The minimum atomic E-state index is -0.666. The van der Waals surface area contributed by atoms with Crippen molar-refractivity contribution in [2.45, 2.75) is 13.0 Å². The summed E-state index contributed by atoms with van der Waals surface area (Å²) in [6.45, 7) is 2.01. The number of carbonyl (C=O) groups is 1. The van der Waals surface area contributed by atoms with Gasteiger partial charge in [-0.2, -0.15) is 5.10 Å². The minimum Gasteiger partial charge on any atom is -0.367 e. The van der Waals surface area contributed by atoms with Gasteiger partial charge in [0.1, 0.15) is 0 Å². The maximum Gasteiger partial charge on any atom is 0.273 e. The maximum absolute atomic E-state index is 12.1. The van der Waals surface area contributed by atoms with Crippen LogP contribution in [0, 0.1) is 6.92 Å². The van der Waals surface area contributed by atoms with Gasteiger partial charge in [0.2, 0.25) is 0 Å². The highest BCUT2D eigenvalue weighted by molar-refractivity contribution is 5.85. The monoisotopic (exact) mass is 282 g/mol. The molecule has 4 heteroatoms. The number of carbonyl (C=O) groups excluding carboxylic acids is 1. The fraction of sp³-hybridized carbons (Fsp3) is 0.176. The third-order valence-electron chi connectivity index (χ3n) is 3.01. The standard InChI is InChI=1S/C17H18N2O2/c1-13-7-6-8-14(11-13)12-18-19-17(20)16(21-2)15-9-4-3-5-10-15/h3-12,16H,1-2H3,(H,19,20)/t16-/m0/s1. The van der Waals surface area contributed by atoms with E-state index < -0.39 is 6.10 Å². The largest absolute Gasteiger partial charge is 0.367 e. The Hall–Kier alpha value is -2.46. The first-order valence-corrected chi connectivity index (χ1v) is 6.68. The Morgan fingerprint density at radius 2 is 1.95 bits per heavy atom. The number of aryl methyl sites for hydroxylation is 1.